The van der Waals surface area contributed by atoms with Crippen molar-refractivity contribution in [2.45, 2.75) is 84.6 Å². The number of carbonyl (C=O) groups is 3. The zero-order chi connectivity index (χ0) is 22.7. The fourth-order valence-corrected chi connectivity index (χ4v) is 4.23. The SMILES string of the molecule is COC(=O)[C@H](CCSSCC[C@@H](C)NC(=O)OC(C)(C)C)NC(=O)OC(C)(C)C. The fraction of sp³-hybridized carbons (Fsp3) is 0.842. The van der Waals surface area contributed by atoms with Crippen LogP contribution in [0.4, 0.5) is 9.59 Å². The second-order valence-electron chi connectivity index (χ2n) is 8.49. The van der Waals surface area contributed by atoms with Gasteiger partial charge in [0.15, 0.2) is 0 Å². The first-order chi connectivity index (χ1) is 13.2. The van der Waals surface area contributed by atoms with Gasteiger partial charge in [-0.25, -0.2) is 14.4 Å². The van der Waals surface area contributed by atoms with Crippen LogP contribution < -0.4 is 10.6 Å². The minimum Gasteiger partial charge on any atom is -0.467 e. The van der Waals surface area contributed by atoms with E-state index in [4.69, 9.17) is 14.2 Å². The maximum Gasteiger partial charge on any atom is 0.408 e. The summed E-state index contributed by atoms with van der Waals surface area (Å²) in [7, 11) is 4.52. The van der Waals surface area contributed by atoms with Gasteiger partial charge in [0, 0.05) is 17.5 Å². The van der Waals surface area contributed by atoms with E-state index in [9.17, 15) is 14.4 Å². The minimum absolute atomic E-state index is 0.00500. The molecule has 0 rings (SSSR count). The van der Waals surface area contributed by atoms with Crippen molar-refractivity contribution in [1.82, 2.24) is 10.6 Å². The molecule has 8 nitrogen and oxygen atoms in total. The van der Waals surface area contributed by atoms with Gasteiger partial charge in [-0.2, -0.15) is 0 Å². The summed E-state index contributed by atoms with van der Waals surface area (Å²) in [6, 6.07) is -0.759. The summed E-state index contributed by atoms with van der Waals surface area (Å²) >= 11 is 0. The van der Waals surface area contributed by atoms with Crippen molar-refractivity contribution < 1.29 is 28.6 Å². The fourth-order valence-electron chi connectivity index (χ4n) is 1.93. The Kier molecular flexibility index (Phi) is 12.5. The first-order valence-electron chi connectivity index (χ1n) is 9.55. The van der Waals surface area contributed by atoms with Gasteiger partial charge in [0.05, 0.1) is 7.11 Å². The summed E-state index contributed by atoms with van der Waals surface area (Å²) in [5.41, 5.74) is -1.16. The van der Waals surface area contributed by atoms with Crippen molar-refractivity contribution in [3.63, 3.8) is 0 Å². The van der Waals surface area contributed by atoms with Crippen molar-refractivity contribution in [2.24, 2.45) is 0 Å². The smallest absolute Gasteiger partial charge is 0.408 e. The van der Waals surface area contributed by atoms with E-state index >= 15 is 0 Å². The van der Waals surface area contributed by atoms with E-state index < -0.39 is 35.4 Å². The second-order valence-corrected chi connectivity index (χ2v) is 11.2. The Labute approximate surface area is 182 Å². The van der Waals surface area contributed by atoms with Crippen molar-refractivity contribution in [3.8, 4) is 0 Å². The highest BCUT2D eigenvalue weighted by Gasteiger charge is 2.24. The van der Waals surface area contributed by atoms with Gasteiger partial charge in [0.2, 0.25) is 0 Å². The van der Waals surface area contributed by atoms with Crippen LogP contribution in [0, 0.1) is 0 Å². The molecule has 0 fully saturated rings. The van der Waals surface area contributed by atoms with Gasteiger partial charge >= 0.3 is 18.2 Å². The Bertz CT molecular complexity index is 532. The number of nitrogens with one attached hydrogen (secondary N) is 2. The molecular formula is C19H36N2O6S2. The predicted molar refractivity (Wildman–Crippen MR) is 118 cm³/mol. The van der Waals surface area contributed by atoms with Crippen LogP contribution in [-0.2, 0) is 19.0 Å². The van der Waals surface area contributed by atoms with Crippen LogP contribution in [0.15, 0.2) is 0 Å². The van der Waals surface area contributed by atoms with E-state index in [1.54, 1.807) is 42.4 Å². The summed E-state index contributed by atoms with van der Waals surface area (Å²) in [4.78, 5) is 35.5. The number of ether oxygens (including phenoxy) is 3. The number of rotatable bonds is 10. The highest BCUT2D eigenvalue weighted by atomic mass is 33.1. The third-order valence-electron chi connectivity index (χ3n) is 3.15. The largest absolute Gasteiger partial charge is 0.467 e. The van der Waals surface area contributed by atoms with Crippen LogP contribution in [0.25, 0.3) is 0 Å². The molecule has 0 heterocycles. The third-order valence-corrected chi connectivity index (χ3v) is 5.62. The van der Waals surface area contributed by atoms with Gasteiger partial charge in [0.25, 0.3) is 0 Å². The van der Waals surface area contributed by atoms with Gasteiger partial charge in [-0.15, -0.1) is 0 Å². The third kappa shape index (κ3) is 16.2. The highest BCUT2D eigenvalue weighted by Crippen LogP contribution is 2.24. The molecule has 0 spiro atoms. The molecule has 0 aliphatic carbocycles. The van der Waals surface area contributed by atoms with Gasteiger partial charge in [-0.3, -0.25) is 0 Å². The molecule has 0 bridgehead atoms. The first-order valence-corrected chi connectivity index (χ1v) is 12.0. The molecule has 0 saturated heterocycles. The lowest BCUT2D eigenvalue weighted by atomic mass is 10.2. The van der Waals surface area contributed by atoms with Crippen LogP contribution in [0.5, 0.6) is 0 Å². The van der Waals surface area contributed by atoms with E-state index in [0.717, 1.165) is 12.2 Å². The molecule has 0 aromatic rings. The highest BCUT2D eigenvalue weighted by molar-refractivity contribution is 8.76. The van der Waals surface area contributed by atoms with E-state index in [2.05, 4.69) is 10.6 Å². The maximum absolute atomic E-state index is 11.9. The molecule has 0 unspecified atom stereocenters. The molecule has 10 heteroatoms. The van der Waals surface area contributed by atoms with E-state index in [1.807, 2.05) is 27.7 Å². The zero-order valence-corrected chi connectivity index (χ0v) is 20.4. The number of esters is 1. The average Bonchev–Trinajstić information content (AvgIpc) is 2.52. The number of carbonyl (C=O) groups excluding carboxylic acids is 3. The number of hydrogen-bond donors (Lipinski definition) is 2. The molecule has 0 aromatic carbocycles. The van der Waals surface area contributed by atoms with Gasteiger partial charge in [-0.1, -0.05) is 21.6 Å². The summed E-state index contributed by atoms with van der Waals surface area (Å²) in [5, 5.41) is 5.36. The van der Waals surface area contributed by atoms with Crippen LogP contribution in [-0.4, -0.2) is 60.1 Å². The zero-order valence-electron chi connectivity index (χ0n) is 18.7. The topological polar surface area (TPSA) is 103 Å². The van der Waals surface area contributed by atoms with Gasteiger partial charge < -0.3 is 24.8 Å². The molecule has 0 aliphatic heterocycles. The molecule has 0 aromatic heterocycles. The summed E-state index contributed by atoms with van der Waals surface area (Å²) in [5.74, 6) is 0.967. The Hall–Kier alpha value is -1.29. The van der Waals surface area contributed by atoms with Crippen molar-refractivity contribution >= 4 is 39.7 Å². The molecule has 2 amide bonds. The molecule has 2 atom stereocenters. The Morgan fingerprint density at radius 2 is 1.28 bits per heavy atom. The summed E-state index contributed by atoms with van der Waals surface area (Å²) < 4.78 is 15.2. The number of alkyl carbamates (subject to hydrolysis) is 2. The minimum atomic E-state index is -0.754. The normalized spacial score (nSPS) is 13.8. The molecule has 0 radical (unpaired) electrons. The van der Waals surface area contributed by atoms with Crippen LogP contribution >= 0.6 is 21.6 Å². The Morgan fingerprint density at radius 1 is 0.828 bits per heavy atom. The van der Waals surface area contributed by atoms with Crippen molar-refractivity contribution in [3.05, 3.63) is 0 Å². The van der Waals surface area contributed by atoms with Crippen LogP contribution in [0.2, 0.25) is 0 Å². The Balaban J connectivity index is 4.13. The molecule has 2 N–H and O–H groups in total. The van der Waals surface area contributed by atoms with E-state index in [-0.39, 0.29) is 6.04 Å². The molecule has 0 saturated carbocycles. The lowest BCUT2D eigenvalue weighted by Crippen LogP contribution is -2.44. The lowest BCUT2D eigenvalue weighted by Gasteiger charge is -2.22. The second kappa shape index (κ2) is 13.1. The summed E-state index contributed by atoms with van der Waals surface area (Å²) in [6.07, 6.45) is 0.146. The van der Waals surface area contributed by atoms with Crippen molar-refractivity contribution in [2.75, 3.05) is 18.6 Å². The van der Waals surface area contributed by atoms with Crippen molar-refractivity contribution in [1.29, 1.82) is 0 Å². The molecule has 29 heavy (non-hydrogen) atoms. The van der Waals surface area contributed by atoms with Crippen LogP contribution in [0.1, 0.15) is 61.3 Å². The molecule has 0 aliphatic rings. The quantitative estimate of drug-likeness (QED) is 0.221. The van der Waals surface area contributed by atoms with E-state index in [1.165, 1.54) is 7.11 Å². The number of amides is 2. The molecular weight excluding hydrogens is 416 g/mol. The standard InChI is InChI=1S/C19H36N2O6S2/c1-13(20-16(23)26-18(2,3)4)9-11-28-29-12-10-14(15(22)25-8)21-17(24)27-19(5,6)7/h13-14H,9-12H2,1-8H3,(H,20,23)(H,21,24)/t13-,14+/m1/s1. The lowest BCUT2D eigenvalue weighted by molar-refractivity contribution is -0.143. The average molecular weight is 453 g/mol. The number of hydrogen-bond acceptors (Lipinski definition) is 8. The monoisotopic (exact) mass is 452 g/mol. The van der Waals surface area contributed by atoms with E-state index in [0.29, 0.717) is 12.2 Å². The number of methoxy groups -OCH3 is 1. The first kappa shape index (κ1) is 27.7. The van der Waals surface area contributed by atoms with Crippen LogP contribution in [0.3, 0.4) is 0 Å². The molecule has 170 valence electrons. The maximum atomic E-state index is 11.9. The predicted octanol–water partition coefficient (Wildman–Crippen LogP) is 4.13. The summed E-state index contributed by atoms with van der Waals surface area (Å²) in [6.45, 7) is 12.7. The van der Waals surface area contributed by atoms with Gasteiger partial charge in [0.1, 0.15) is 17.2 Å². The Morgan fingerprint density at radius 3 is 1.72 bits per heavy atom. The van der Waals surface area contributed by atoms with Gasteiger partial charge in [-0.05, 0) is 61.3 Å².